The molecular formula is C10H21ClN2. The first-order valence-electron chi connectivity index (χ1n) is 4.84. The van der Waals surface area contributed by atoms with E-state index in [9.17, 15) is 0 Å². The maximum absolute atomic E-state index is 6.05. The summed E-state index contributed by atoms with van der Waals surface area (Å²) in [6, 6.07) is 0. The topological polar surface area (TPSA) is 24.7 Å². The SMILES string of the molecule is CC(C)CC(Cl)CN=NC(C)(C)C. The van der Waals surface area contributed by atoms with Gasteiger partial charge in [-0.25, -0.2) is 0 Å². The van der Waals surface area contributed by atoms with Crippen LogP contribution in [0.4, 0.5) is 0 Å². The quantitative estimate of drug-likeness (QED) is 0.491. The van der Waals surface area contributed by atoms with Gasteiger partial charge in [-0.05, 0) is 33.1 Å². The Balaban J connectivity index is 3.70. The van der Waals surface area contributed by atoms with Gasteiger partial charge in [0.1, 0.15) is 0 Å². The third-order valence-corrected chi connectivity index (χ3v) is 1.69. The van der Waals surface area contributed by atoms with Crippen molar-refractivity contribution in [2.75, 3.05) is 6.54 Å². The molecule has 0 fully saturated rings. The van der Waals surface area contributed by atoms with Crippen LogP contribution in [0.15, 0.2) is 10.2 Å². The van der Waals surface area contributed by atoms with Crippen LogP contribution in [0.25, 0.3) is 0 Å². The van der Waals surface area contributed by atoms with E-state index in [2.05, 4.69) is 24.1 Å². The Morgan fingerprint density at radius 3 is 2.15 bits per heavy atom. The van der Waals surface area contributed by atoms with Crippen molar-refractivity contribution in [3.05, 3.63) is 0 Å². The largest absolute Gasteiger partial charge is 0.192 e. The molecule has 0 spiro atoms. The molecule has 0 radical (unpaired) electrons. The molecule has 0 aliphatic heterocycles. The molecule has 1 atom stereocenters. The first-order chi connectivity index (χ1) is 5.81. The fourth-order valence-corrected chi connectivity index (χ4v) is 1.35. The minimum Gasteiger partial charge on any atom is -0.192 e. The number of nitrogens with zero attached hydrogens (tertiary/aromatic N) is 2. The summed E-state index contributed by atoms with van der Waals surface area (Å²) in [5.41, 5.74) is -0.0750. The third kappa shape index (κ3) is 9.81. The number of halogens is 1. The maximum atomic E-state index is 6.05. The van der Waals surface area contributed by atoms with Crippen molar-refractivity contribution in [3.63, 3.8) is 0 Å². The second-order valence-electron chi connectivity index (χ2n) is 4.82. The Morgan fingerprint density at radius 1 is 1.23 bits per heavy atom. The third-order valence-electron chi connectivity index (χ3n) is 1.38. The van der Waals surface area contributed by atoms with Crippen molar-refractivity contribution >= 4 is 11.6 Å². The van der Waals surface area contributed by atoms with Gasteiger partial charge in [-0.1, -0.05) is 13.8 Å². The summed E-state index contributed by atoms with van der Waals surface area (Å²) in [6.07, 6.45) is 1.00. The fourth-order valence-electron chi connectivity index (χ4n) is 0.928. The second kappa shape index (κ2) is 5.58. The molecule has 13 heavy (non-hydrogen) atoms. The van der Waals surface area contributed by atoms with Crippen LogP contribution in [-0.2, 0) is 0 Å². The summed E-state index contributed by atoms with van der Waals surface area (Å²) < 4.78 is 0. The minimum absolute atomic E-state index is 0.0750. The van der Waals surface area contributed by atoms with Crippen molar-refractivity contribution in [2.45, 2.75) is 52.0 Å². The number of azo groups is 1. The molecule has 0 saturated carbocycles. The molecule has 0 aliphatic rings. The molecule has 0 aromatic rings. The average Bonchev–Trinajstić information content (AvgIpc) is 1.81. The first kappa shape index (κ1) is 12.9. The molecule has 2 nitrogen and oxygen atoms in total. The smallest absolute Gasteiger partial charge is 0.0763 e. The second-order valence-corrected chi connectivity index (χ2v) is 5.44. The van der Waals surface area contributed by atoms with Crippen molar-refractivity contribution in [3.8, 4) is 0 Å². The molecule has 78 valence electrons. The monoisotopic (exact) mass is 204 g/mol. The van der Waals surface area contributed by atoms with Crippen LogP contribution >= 0.6 is 11.6 Å². The predicted octanol–water partition coefficient (Wildman–Crippen LogP) is 3.89. The lowest BCUT2D eigenvalue weighted by molar-refractivity contribution is 0.518. The van der Waals surface area contributed by atoms with Crippen LogP contribution in [0.1, 0.15) is 41.0 Å². The summed E-state index contributed by atoms with van der Waals surface area (Å²) in [6.45, 7) is 11.1. The van der Waals surface area contributed by atoms with Gasteiger partial charge in [0.2, 0.25) is 0 Å². The average molecular weight is 205 g/mol. The summed E-state index contributed by atoms with van der Waals surface area (Å²) in [7, 11) is 0. The van der Waals surface area contributed by atoms with Gasteiger partial charge in [0.25, 0.3) is 0 Å². The van der Waals surface area contributed by atoms with Gasteiger partial charge in [-0.2, -0.15) is 10.2 Å². The lowest BCUT2D eigenvalue weighted by atomic mass is 10.1. The zero-order valence-electron chi connectivity index (χ0n) is 9.34. The number of hydrogen-bond donors (Lipinski definition) is 0. The minimum atomic E-state index is -0.0750. The van der Waals surface area contributed by atoms with E-state index in [1.54, 1.807) is 0 Å². The normalized spacial score (nSPS) is 15.6. The molecule has 0 aromatic heterocycles. The number of rotatable bonds is 4. The molecule has 0 aromatic carbocycles. The lowest BCUT2D eigenvalue weighted by Crippen LogP contribution is -2.11. The summed E-state index contributed by atoms with van der Waals surface area (Å²) in [4.78, 5) is 0. The predicted molar refractivity (Wildman–Crippen MR) is 58.6 cm³/mol. The molecule has 1 unspecified atom stereocenters. The van der Waals surface area contributed by atoms with E-state index in [-0.39, 0.29) is 10.9 Å². The standard InChI is InChI=1S/C10H21ClN2/c1-8(2)6-9(11)7-12-13-10(3,4)5/h8-9H,6-7H2,1-5H3. The Bertz CT molecular complexity index is 159. The van der Waals surface area contributed by atoms with Crippen molar-refractivity contribution in [1.82, 2.24) is 0 Å². The Kier molecular flexibility index (Phi) is 5.54. The molecule has 0 saturated heterocycles. The maximum Gasteiger partial charge on any atom is 0.0763 e. The van der Waals surface area contributed by atoms with E-state index in [1.165, 1.54) is 0 Å². The van der Waals surface area contributed by atoms with Crippen molar-refractivity contribution in [1.29, 1.82) is 0 Å². The van der Waals surface area contributed by atoms with E-state index >= 15 is 0 Å². The molecule has 0 aliphatic carbocycles. The van der Waals surface area contributed by atoms with E-state index < -0.39 is 0 Å². The number of hydrogen-bond acceptors (Lipinski definition) is 2. The molecule has 0 amide bonds. The zero-order valence-corrected chi connectivity index (χ0v) is 10.1. The van der Waals surface area contributed by atoms with Gasteiger partial charge in [-0.3, -0.25) is 0 Å². The summed E-state index contributed by atoms with van der Waals surface area (Å²) >= 11 is 6.05. The molecular weight excluding hydrogens is 184 g/mol. The lowest BCUT2D eigenvalue weighted by Gasteiger charge is -2.11. The molecule has 0 heterocycles. The Hall–Kier alpha value is -0.110. The van der Waals surface area contributed by atoms with Gasteiger partial charge >= 0.3 is 0 Å². The van der Waals surface area contributed by atoms with Crippen molar-refractivity contribution < 1.29 is 0 Å². The van der Waals surface area contributed by atoms with Crippen LogP contribution in [0.3, 0.4) is 0 Å². The first-order valence-corrected chi connectivity index (χ1v) is 5.27. The molecule has 0 bridgehead atoms. The molecule has 0 rings (SSSR count). The molecule has 3 heteroatoms. The summed E-state index contributed by atoms with van der Waals surface area (Å²) in [5.74, 6) is 0.632. The Morgan fingerprint density at radius 2 is 1.77 bits per heavy atom. The van der Waals surface area contributed by atoms with Crippen LogP contribution in [0, 0.1) is 5.92 Å². The highest BCUT2D eigenvalue weighted by molar-refractivity contribution is 6.20. The van der Waals surface area contributed by atoms with Gasteiger partial charge in [0, 0.05) is 0 Å². The molecule has 0 N–H and O–H groups in total. The van der Waals surface area contributed by atoms with E-state index in [4.69, 9.17) is 11.6 Å². The Labute approximate surface area is 86.8 Å². The van der Waals surface area contributed by atoms with Crippen molar-refractivity contribution in [2.24, 2.45) is 16.1 Å². The highest BCUT2D eigenvalue weighted by atomic mass is 35.5. The van der Waals surface area contributed by atoms with Gasteiger partial charge in [-0.15, -0.1) is 11.6 Å². The fraction of sp³-hybridized carbons (Fsp3) is 1.00. The van der Waals surface area contributed by atoms with Crippen LogP contribution in [-0.4, -0.2) is 17.5 Å². The van der Waals surface area contributed by atoms with Crippen LogP contribution < -0.4 is 0 Å². The van der Waals surface area contributed by atoms with E-state index in [0.717, 1.165) is 6.42 Å². The van der Waals surface area contributed by atoms with Gasteiger partial charge < -0.3 is 0 Å². The van der Waals surface area contributed by atoms with Crippen LogP contribution in [0.2, 0.25) is 0 Å². The van der Waals surface area contributed by atoms with Gasteiger partial charge in [0.15, 0.2) is 0 Å². The van der Waals surface area contributed by atoms with E-state index in [0.29, 0.717) is 12.5 Å². The highest BCUT2D eigenvalue weighted by Crippen LogP contribution is 2.12. The number of alkyl halides is 1. The summed E-state index contributed by atoms with van der Waals surface area (Å²) in [5, 5.41) is 8.36. The zero-order chi connectivity index (χ0) is 10.5. The highest BCUT2D eigenvalue weighted by Gasteiger charge is 2.09. The van der Waals surface area contributed by atoms with Gasteiger partial charge in [0.05, 0.1) is 17.5 Å². The van der Waals surface area contributed by atoms with Crippen LogP contribution in [0.5, 0.6) is 0 Å². The van der Waals surface area contributed by atoms with E-state index in [1.807, 2.05) is 20.8 Å².